The highest BCUT2D eigenvalue weighted by atomic mass is 16.3. The van der Waals surface area contributed by atoms with Crippen LogP contribution in [0.4, 0.5) is 0 Å². The standard InChI is InChI=1S/C27H30O2.CH5N/c1-3-14-27(29)15-13-24-22-11-9-19-16-20(28)10-12-21(19)25(22)23(17-26(24,27)2)18-7-5-4-6-8-18;1-2/h4-8,16,22-24,29H,9-13,15,17H2,1-2H3;2H2,1H3. The minimum atomic E-state index is -0.895. The topological polar surface area (TPSA) is 63.3 Å². The zero-order chi connectivity index (χ0) is 22.2. The molecular formula is C28H35NO2. The summed E-state index contributed by atoms with van der Waals surface area (Å²) in [5, 5.41) is 11.6. The molecule has 1 aromatic carbocycles. The number of benzene rings is 1. The minimum Gasteiger partial charge on any atom is -0.377 e. The Hall–Kier alpha value is -2.15. The number of carbonyl (C=O) groups excluding carboxylic acids is 1. The number of hydrogen-bond donors (Lipinski definition) is 2. The lowest BCUT2D eigenvalue weighted by Crippen LogP contribution is -2.51. The molecular weight excluding hydrogens is 382 g/mol. The van der Waals surface area contributed by atoms with Gasteiger partial charge in [-0.05, 0) is 87.1 Å². The molecule has 0 saturated heterocycles. The number of nitrogens with two attached hydrogens (primary N) is 1. The van der Waals surface area contributed by atoms with Crippen LogP contribution < -0.4 is 5.73 Å². The molecule has 0 aromatic heterocycles. The first-order chi connectivity index (χ1) is 15.0. The van der Waals surface area contributed by atoms with E-state index in [1.54, 1.807) is 5.57 Å². The van der Waals surface area contributed by atoms with Gasteiger partial charge in [0.15, 0.2) is 5.78 Å². The summed E-state index contributed by atoms with van der Waals surface area (Å²) in [6, 6.07) is 10.8. The summed E-state index contributed by atoms with van der Waals surface area (Å²) in [6.07, 6.45) is 8.30. The SMILES string of the molecule is CC#CC1(O)CCC2C3CCC4=CC(=O)CCC4=C3C(c3ccccc3)CC21C.CN. The molecule has 1 aromatic rings. The van der Waals surface area contributed by atoms with E-state index in [0.29, 0.717) is 24.2 Å². The molecule has 3 heteroatoms. The van der Waals surface area contributed by atoms with E-state index in [1.165, 1.54) is 23.8 Å². The molecule has 2 fully saturated rings. The Morgan fingerprint density at radius 3 is 2.55 bits per heavy atom. The molecule has 0 amide bonds. The summed E-state index contributed by atoms with van der Waals surface area (Å²) in [6.45, 7) is 4.14. The fraction of sp³-hybridized carbons (Fsp3) is 0.536. The molecule has 2 saturated carbocycles. The second kappa shape index (κ2) is 8.41. The normalized spacial score (nSPS) is 36.1. The number of allylic oxidation sites excluding steroid dienone is 4. The number of rotatable bonds is 1. The molecule has 4 aliphatic carbocycles. The summed E-state index contributed by atoms with van der Waals surface area (Å²) in [7, 11) is 1.50. The minimum absolute atomic E-state index is 0.197. The highest BCUT2D eigenvalue weighted by Crippen LogP contribution is 2.66. The molecule has 0 spiro atoms. The van der Waals surface area contributed by atoms with E-state index < -0.39 is 5.60 Å². The van der Waals surface area contributed by atoms with Gasteiger partial charge in [-0.3, -0.25) is 4.79 Å². The number of fused-ring (bicyclic) bond motifs is 4. The quantitative estimate of drug-likeness (QED) is 0.638. The third kappa shape index (κ3) is 3.41. The predicted octanol–water partition coefficient (Wildman–Crippen LogP) is 4.92. The first kappa shape index (κ1) is 22.1. The van der Waals surface area contributed by atoms with Crippen molar-refractivity contribution < 1.29 is 9.90 Å². The number of hydrogen-bond acceptors (Lipinski definition) is 3. The van der Waals surface area contributed by atoms with Crippen LogP contribution in [0.15, 0.2) is 53.1 Å². The van der Waals surface area contributed by atoms with Crippen molar-refractivity contribution in [2.45, 2.75) is 70.3 Å². The van der Waals surface area contributed by atoms with E-state index in [4.69, 9.17) is 0 Å². The van der Waals surface area contributed by atoms with E-state index >= 15 is 0 Å². The smallest absolute Gasteiger partial charge is 0.156 e. The molecule has 3 nitrogen and oxygen atoms in total. The number of aliphatic hydroxyl groups is 1. The van der Waals surface area contributed by atoms with Gasteiger partial charge >= 0.3 is 0 Å². The maximum atomic E-state index is 12.1. The Morgan fingerprint density at radius 1 is 1.10 bits per heavy atom. The van der Waals surface area contributed by atoms with Crippen molar-refractivity contribution in [1.82, 2.24) is 0 Å². The van der Waals surface area contributed by atoms with Gasteiger partial charge in [-0.2, -0.15) is 0 Å². The summed E-state index contributed by atoms with van der Waals surface area (Å²) in [4.78, 5) is 12.1. The molecule has 3 N–H and O–H groups in total. The first-order valence-corrected chi connectivity index (χ1v) is 11.7. The highest BCUT2D eigenvalue weighted by molar-refractivity contribution is 5.93. The van der Waals surface area contributed by atoms with Gasteiger partial charge in [0.2, 0.25) is 0 Å². The predicted molar refractivity (Wildman–Crippen MR) is 125 cm³/mol. The van der Waals surface area contributed by atoms with Crippen molar-refractivity contribution in [3.63, 3.8) is 0 Å². The van der Waals surface area contributed by atoms with Crippen LogP contribution in [0.5, 0.6) is 0 Å². The van der Waals surface area contributed by atoms with Crippen LogP contribution in [0.25, 0.3) is 0 Å². The summed E-state index contributed by atoms with van der Waals surface area (Å²) in [5.74, 6) is 7.80. The van der Waals surface area contributed by atoms with Crippen LogP contribution in [0.2, 0.25) is 0 Å². The lowest BCUT2D eigenvalue weighted by Gasteiger charge is -2.53. The third-order valence-electron chi connectivity index (χ3n) is 8.42. The largest absolute Gasteiger partial charge is 0.377 e. The molecule has 4 aliphatic rings. The van der Waals surface area contributed by atoms with Crippen molar-refractivity contribution in [3.8, 4) is 11.8 Å². The lowest BCUT2D eigenvalue weighted by atomic mass is 9.51. The fourth-order valence-electron chi connectivity index (χ4n) is 7.06. The molecule has 0 bridgehead atoms. The second-order valence-electron chi connectivity index (χ2n) is 9.68. The lowest BCUT2D eigenvalue weighted by molar-refractivity contribution is -0.114. The van der Waals surface area contributed by atoms with E-state index in [1.807, 2.05) is 13.0 Å². The third-order valence-corrected chi connectivity index (χ3v) is 8.42. The van der Waals surface area contributed by atoms with Crippen LogP contribution in [0.1, 0.15) is 70.3 Å². The average Bonchev–Trinajstić information content (AvgIpc) is 3.05. The van der Waals surface area contributed by atoms with Crippen LogP contribution >= 0.6 is 0 Å². The van der Waals surface area contributed by atoms with Gasteiger partial charge in [-0.25, -0.2) is 0 Å². The van der Waals surface area contributed by atoms with Crippen molar-refractivity contribution in [3.05, 3.63) is 58.7 Å². The van der Waals surface area contributed by atoms with E-state index in [0.717, 1.165) is 38.5 Å². The van der Waals surface area contributed by atoms with Gasteiger partial charge < -0.3 is 10.8 Å². The van der Waals surface area contributed by atoms with Gasteiger partial charge in [0.1, 0.15) is 5.60 Å². The molecule has 164 valence electrons. The number of ketones is 1. The Bertz CT molecular complexity index is 979. The highest BCUT2D eigenvalue weighted by Gasteiger charge is 2.62. The molecule has 5 unspecified atom stereocenters. The Morgan fingerprint density at radius 2 is 1.84 bits per heavy atom. The molecule has 0 aliphatic heterocycles. The maximum Gasteiger partial charge on any atom is 0.156 e. The van der Waals surface area contributed by atoms with Crippen LogP contribution in [-0.2, 0) is 4.79 Å². The molecule has 31 heavy (non-hydrogen) atoms. The summed E-state index contributed by atoms with van der Waals surface area (Å²) >= 11 is 0. The zero-order valence-corrected chi connectivity index (χ0v) is 19.1. The molecule has 5 rings (SSSR count). The first-order valence-electron chi connectivity index (χ1n) is 11.7. The van der Waals surface area contributed by atoms with Gasteiger partial charge in [0, 0.05) is 17.8 Å². The summed E-state index contributed by atoms with van der Waals surface area (Å²) < 4.78 is 0. The maximum absolute atomic E-state index is 12.1. The number of carbonyl (C=O) groups is 1. The van der Waals surface area contributed by atoms with Crippen molar-refractivity contribution >= 4 is 5.78 Å². The molecule has 5 atom stereocenters. The van der Waals surface area contributed by atoms with Crippen LogP contribution in [-0.4, -0.2) is 23.5 Å². The van der Waals surface area contributed by atoms with Gasteiger partial charge in [-0.15, -0.1) is 5.92 Å². The van der Waals surface area contributed by atoms with Crippen molar-refractivity contribution in [1.29, 1.82) is 0 Å². The Balaban J connectivity index is 0.00000112. The fourth-order valence-corrected chi connectivity index (χ4v) is 7.06. The summed E-state index contributed by atoms with van der Waals surface area (Å²) in [5.41, 5.74) is 9.09. The van der Waals surface area contributed by atoms with Gasteiger partial charge in [0.25, 0.3) is 0 Å². The van der Waals surface area contributed by atoms with Gasteiger partial charge in [0.05, 0.1) is 0 Å². The Kier molecular flexibility index (Phi) is 5.99. The van der Waals surface area contributed by atoms with Gasteiger partial charge in [-0.1, -0.05) is 48.7 Å². The molecule has 0 heterocycles. The van der Waals surface area contributed by atoms with Crippen LogP contribution in [0, 0.1) is 29.1 Å². The van der Waals surface area contributed by atoms with E-state index in [2.05, 4.69) is 54.8 Å². The van der Waals surface area contributed by atoms with E-state index in [-0.39, 0.29) is 11.2 Å². The zero-order valence-electron chi connectivity index (χ0n) is 19.1. The monoisotopic (exact) mass is 417 g/mol. The van der Waals surface area contributed by atoms with Crippen molar-refractivity contribution in [2.75, 3.05) is 7.05 Å². The molecule has 0 radical (unpaired) electrons. The van der Waals surface area contributed by atoms with Crippen molar-refractivity contribution in [2.24, 2.45) is 23.0 Å². The van der Waals surface area contributed by atoms with Crippen LogP contribution in [0.3, 0.4) is 0 Å². The average molecular weight is 418 g/mol. The second-order valence-corrected chi connectivity index (χ2v) is 9.68. The Labute approximate surface area is 186 Å². The van der Waals surface area contributed by atoms with E-state index in [9.17, 15) is 9.90 Å².